The third-order valence-corrected chi connectivity index (χ3v) is 3.87. The molecule has 0 spiro atoms. The highest BCUT2D eigenvalue weighted by Crippen LogP contribution is 2.34. The van der Waals surface area contributed by atoms with Gasteiger partial charge in [-0.05, 0) is 37.0 Å². The molecule has 1 aliphatic rings. The van der Waals surface area contributed by atoms with Crippen LogP contribution < -0.4 is 0 Å². The second-order valence-corrected chi connectivity index (χ2v) is 6.18. The van der Waals surface area contributed by atoms with Gasteiger partial charge < -0.3 is 9.30 Å². The third kappa shape index (κ3) is 2.84. The van der Waals surface area contributed by atoms with Gasteiger partial charge in [-0.3, -0.25) is 0 Å². The molecule has 1 aliphatic heterocycles. The van der Waals surface area contributed by atoms with Crippen LogP contribution in [0.3, 0.4) is 0 Å². The summed E-state index contributed by atoms with van der Waals surface area (Å²) < 4.78 is 46.3. The minimum Gasteiger partial charge on any atom is -0.370 e. The minimum absolute atomic E-state index is 0.111. The van der Waals surface area contributed by atoms with Crippen molar-refractivity contribution in [2.75, 3.05) is 6.61 Å². The summed E-state index contributed by atoms with van der Waals surface area (Å²) in [6.07, 6.45) is -2.63. The van der Waals surface area contributed by atoms with Crippen molar-refractivity contribution < 1.29 is 17.9 Å². The summed E-state index contributed by atoms with van der Waals surface area (Å²) in [4.78, 5) is 4.46. The van der Waals surface area contributed by atoms with Gasteiger partial charge in [-0.15, -0.1) is 0 Å². The zero-order chi connectivity index (χ0) is 15.9. The van der Waals surface area contributed by atoms with E-state index in [1.165, 1.54) is 6.07 Å². The summed E-state index contributed by atoms with van der Waals surface area (Å²) in [7, 11) is 0. The fraction of sp³-hybridized carbons (Fsp3) is 0.562. The van der Waals surface area contributed by atoms with Crippen molar-refractivity contribution in [3.05, 3.63) is 29.6 Å². The Morgan fingerprint density at radius 1 is 1.36 bits per heavy atom. The molecule has 1 fully saturated rings. The van der Waals surface area contributed by atoms with Gasteiger partial charge in [0, 0.05) is 13.2 Å². The van der Waals surface area contributed by atoms with Crippen LogP contribution in [0.15, 0.2) is 18.2 Å². The van der Waals surface area contributed by atoms with Gasteiger partial charge in [0.05, 0.1) is 16.6 Å². The van der Waals surface area contributed by atoms with Gasteiger partial charge in [-0.2, -0.15) is 13.2 Å². The van der Waals surface area contributed by atoms with Gasteiger partial charge in [0.1, 0.15) is 11.9 Å². The molecule has 2 heterocycles. The number of hydrogen-bond acceptors (Lipinski definition) is 2. The Morgan fingerprint density at radius 2 is 2.14 bits per heavy atom. The maximum atomic E-state index is 12.9. The summed E-state index contributed by atoms with van der Waals surface area (Å²) in [5.74, 6) is 1.13. The lowest BCUT2D eigenvalue weighted by Gasteiger charge is -2.15. The van der Waals surface area contributed by atoms with Crippen LogP contribution in [0.4, 0.5) is 13.2 Å². The average molecular weight is 312 g/mol. The molecule has 22 heavy (non-hydrogen) atoms. The maximum Gasteiger partial charge on any atom is 0.416 e. The molecule has 1 aromatic heterocycles. The molecule has 1 saturated heterocycles. The second-order valence-electron chi connectivity index (χ2n) is 6.18. The lowest BCUT2D eigenvalue weighted by atomic mass is 10.1. The molecular formula is C16H19F3N2O. The van der Waals surface area contributed by atoms with Crippen LogP contribution >= 0.6 is 0 Å². The number of imidazole rings is 1. The van der Waals surface area contributed by atoms with E-state index in [2.05, 4.69) is 18.8 Å². The Balaban J connectivity index is 2.11. The Kier molecular flexibility index (Phi) is 3.89. The van der Waals surface area contributed by atoms with Gasteiger partial charge >= 0.3 is 6.18 Å². The minimum atomic E-state index is -4.35. The normalized spacial score (nSPS) is 19.5. The number of hydrogen-bond donors (Lipinski definition) is 0. The van der Waals surface area contributed by atoms with Crippen LogP contribution in [0.5, 0.6) is 0 Å². The topological polar surface area (TPSA) is 27.1 Å². The van der Waals surface area contributed by atoms with E-state index in [1.807, 2.05) is 4.57 Å². The smallest absolute Gasteiger partial charge is 0.370 e. The van der Waals surface area contributed by atoms with Gasteiger partial charge in [-0.25, -0.2) is 4.98 Å². The molecule has 2 aromatic rings. The van der Waals surface area contributed by atoms with Crippen LogP contribution in [-0.4, -0.2) is 16.2 Å². The molecule has 1 atom stereocenters. The predicted molar refractivity (Wildman–Crippen MR) is 77.5 cm³/mol. The number of rotatable bonds is 3. The molecule has 1 aromatic carbocycles. The van der Waals surface area contributed by atoms with E-state index in [4.69, 9.17) is 4.74 Å². The molecule has 0 radical (unpaired) electrons. The lowest BCUT2D eigenvalue weighted by Crippen LogP contribution is -2.12. The molecule has 3 rings (SSSR count). The highest BCUT2D eigenvalue weighted by molar-refractivity contribution is 5.77. The number of alkyl halides is 3. The highest BCUT2D eigenvalue weighted by atomic mass is 19.4. The summed E-state index contributed by atoms with van der Waals surface area (Å²) in [5, 5.41) is 0. The number of benzene rings is 1. The Bertz CT molecular complexity index is 670. The van der Waals surface area contributed by atoms with E-state index in [0.717, 1.165) is 42.9 Å². The number of nitrogens with zero attached hydrogens (tertiary/aromatic N) is 2. The highest BCUT2D eigenvalue weighted by Gasteiger charge is 2.32. The number of ether oxygens (including phenoxy) is 1. The van der Waals surface area contributed by atoms with Gasteiger partial charge in [0.2, 0.25) is 0 Å². The maximum absolute atomic E-state index is 12.9. The first kappa shape index (κ1) is 15.3. The third-order valence-electron chi connectivity index (χ3n) is 3.87. The fourth-order valence-corrected chi connectivity index (χ4v) is 2.91. The SMILES string of the molecule is CC(C)Cn1c(C2CCCO2)nc2cc(C(F)(F)F)ccc21. The monoisotopic (exact) mass is 312 g/mol. The first-order chi connectivity index (χ1) is 10.4. The zero-order valence-corrected chi connectivity index (χ0v) is 12.7. The second kappa shape index (κ2) is 5.57. The standard InChI is InChI=1S/C16H19F3N2O/c1-10(2)9-21-13-6-5-11(16(17,18)19)8-12(13)20-15(21)14-4-3-7-22-14/h5-6,8,10,14H,3-4,7,9H2,1-2H3. The molecule has 0 saturated carbocycles. The quantitative estimate of drug-likeness (QED) is 0.830. The molecule has 120 valence electrons. The van der Waals surface area contributed by atoms with Crippen molar-refractivity contribution in [2.24, 2.45) is 5.92 Å². The van der Waals surface area contributed by atoms with E-state index >= 15 is 0 Å². The van der Waals surface area contributed by atoms with E-state index in [0.29, 0.717) is 18.0 Å². The first-order valence-electron chi connectivity index (χ1n) is 7.55. The molecule has 0 aliphatic carbocycles. The molecule has 0 amide bonds. The Labute approximate surface area is 127 Å². The number of aromatic nitrogens is 2. The summed E-state index contributed by atoms with van der Waals surface area (Å²) in [6, 6.07) is 3.77. The largest absolute Gasteiger partial charge is 0.416 e. The summed E-state index contributed by atoms with van der Waals surface area (Å²) in [6.45, 7) is 5.56. The van der Waals surface area contributed by atoms with Crippen LogP contribution in [0.25, 0.3) is 11.0 Å². The van der Waals surface area contributed by atoms with Gasteiger partial charge in [-0.1, -0.05) is 13.8 Å². The molecule has 6 heteroatoms. The zero-order valence-electron chi connectivity index (χ0n) is 12.7. The van der Waals surface area contributed by atoms with Crippen molar-refractivity contribution in [1.82, 2.24) is 9.55 Å². The van der Waals surface area contributed by atoms with Crippen molar-refractivity contribution in [3.63, 3.8) is 0 Å². The Morgan fingerprint density at radius 3 is 2.73 bits per heavy atom. The molecule has 0 N–H and O–H groups in total. The number of fused-ring (bicyclic) bond motifs is 1. The van der Waals surface area contributed by atoms with Gasteiger partial charge in [0.25, 0.3) is 0 Å². The predicted octanol–water partition coefficient (Wildman–Crippen LogP) is 4.56. The van der Waals surface area contributed by atoms with Crippen LogP contribution in [0.2, 0.25) is 0 Å². The van der Waals surface area contributed by atoms with E-state index in [1.54, 1.807) is 0 Å². The van der Waals surface area contributed by atoms with Crippen molar-refractivity contribution in [3.8, 4) is 0 Å². The molecule has 0 bridgehead atoms. The van der Waals surface area contributed by atoms with E-state index in [-0.39, 0.29) is 6.10 Å². The van der Waals surface area contributed by atoms with Crippen LogP contribution in [0, 0.1) is 5.92 Å². The average Bonchev–Trinajstić information content (AvgIpc) is 3.04. The van der Waals surface area contributed by atoms with Crippen LogP contribution in [0.1, 0.15) is 44.2 Å². The fourth-order valence-electron chi connectivity index (χ4n) is 2.91. The van der Waals surface area contributed by atoms with Crippen LogP contribution in [-0.2, 0) is 17.5 Å². The molecular weight excluding hydrogens is 293 g/mol. The first-order valence-corrected chi connectivity index (χ1v) is 7.55. The number of halogens is 3. The summed E-state index contributed by atoms with van der Waals surface area (Å²) >= 11 is 0. The van der Waals surface area contributed by atoms with Crippen molar-refractivity contribution in [2.45, 2.75) is 45.5 Å². The van der Waals surface area contributed by atoms with Crippen molar-refractivity contribution in [1.29, 1.82) is 0 Å². The van der Waals surface area contributed by atoms with Gasteiger partial charge in [0.15, 0.2) is 0 Å². The molecule has 1 unspecified atom stereocenters. The van der Waals surface area contributed by atoms with E-state index in [9.17, 15) is 13.2 Å². The van der Waals surface area contributed by atoms with Crippen molar-refractivity contribution >= 4 is 11.0 Å². The Hall–Kier alpha value is -1.56. The summed E-state index contributed by atoms with van der Waals surface area (Å²) in [5.41, 5.74) is 0.473. The molecule has 3 nitrogen and oxygen atoms in total. The lowest BCUT2D eigenvalue weighted by molar-refractivity contribution is -0.137. The van der Waals surface area contributed by atoms with E-state index < -0.39 is 11.7 Å².